The molecule has 0 saturated carbocycles. The fourth-order valence-electron chi connectivity index (χ4n) is 0.414. The molecule has 3 heteroatoms. The molecule has 0 saturated heterocycles. The van der Waals surface area contributed by atoms with E-state index >= 15 is 0 Å². The highest BCUT2D eigenvalue weighted by Gasteiger charge is 2.15. The number of ether oxygens (including phenoxy) is 1. The first-order valence-corrected chi connectivity index (χ1v) is 4.29. The molecule has 0 heterocycles. The fraction of sp³-hybridized carbons (Fsp3) is 0.857. The molecule has 2 nitrogen and oxygen atoms in total. The van der Waals surface area contributed by atoms with E-state index in [-0.39, 0.29) is 5.41 Å². The number of rotatable bonds is 4. The first-order valence-electron chi connectivity index (χ1n) is 3.17. The molecule has 0 N–H and O–H groups in total. The maximum absolute atomic E-state index is 8.55. The van der Waals surface area contributed by atoms with Crippen LogP contribution in [0.15, 0.2) is 0 Å². The molecule has 0 rings (SSSR count). The molecule has 0 aliphatic heterocycles. The summed E-state index contributed by atoms with van der Waals surface area (Å²) in [5, 5.41) is 9.38. The maximum Gasteiger partial charge on any atom is 0.0750 e. The first-order chi connectivity index (χ1) is 4.62. The summed E-state index contributed by atoms with van der Waals surface area (Å²) in [6.45, 7) is 4.91. The molecule has 0 aromatic heterocycles. The molecule has 0 aliphatic carbocycles. The number of hydrogen-bond donors (Lipinski definition) is 0. The van der Waals surface area contributed by atoms with Crippen LogP contribution in [0.2, 0.25) is 0 Å². The van der Waals surface area contributed by atoms with Gasteiger partial charge >= 0.3 is 0 Å². The van der Waals surface area contributed by atoms with Crippen molar-refractivity contribution in [2.45, 2.75) is 13.8 Å². The van der Waals surface area contributed by atoms with Crippen molar-refractivity contribution in [3.8, 4) is 6.07 Å². The van der Waals surface area contributed by atoms with Crippen LogP contribution in [0.3, 0.4) is 0 Å². The molecule has 0 radical (unpaired) electrons. The molecule has 10 heavy (non-hydrogen) atoms. The summed E-state index contributed by atoms with van der Waals surface area (Å²) in [5.41, 5.74) is -0.345. The van der Waals surface area contributed by atoms with Gasteiger partial charge in [-0.05, 0) is 13.8 Å². The second-order valence-corrected chi connectivity index (χ2v) is 3.53. The van der Waals surface area contributed by atoms with Crippen LogP contribution in [-0.2, 0) is 4.74 Å². The molecule has 0 fully saturated rings. The zero-order valence-electron chi connectivity index (χ0n) is 6.35. The molecule has 58 valence electrons. The second kappa shape index (κ2) is 4.70. The van der Waals surface area contributed by atoms with E-state index in [1.807, 2.05) is 13.8 Å². The average molecular weight is 206 g/mol. The van der Waals surface area contributed by atoms with Crippen LogP contribution >= 0.6 is 15.9 Å². The molecule has 0 spiro atoms. The first kappa shape index (κ1) is 9.93. The Hall–Kier alpha value is -0.0700. The fourth-order valence-corrected chi connectivity index (χ4v) is 0.643. The molecule has 0 aromatic rings. The van der Waals surface area contributed by atoms with Gasteiger partial charge in [0.25, 0.3) is 0 Å². The third-order valence-corrected chi connectivity index (χ3v) is 1.31. The molecule has 0 amide bonds. The van der Waals surface area contributed by atoms with E-state index in [2.05, 4.69) is 22.0 Å². The SMILES string of the molecule is CC(C)(C#N)COCCBr. The van der Waals surface area contributed by atoms with Crippen LogP contribution in [0, 0.1) is 16.7 Å². The van der Waals surface area contributed by atoms with Gasteiger partial charge in [0.15, 0.2) is 0 Å². The minimum Gasteiger partial charge on any atom is -0.379 e. The quantitative estimate of drug-likeness (QED) is 0.520. The van der Waals surface area contributed by atoms with Crippen LogP contribution in [0.5, 0.6) is 0 Å². The normalized spacial score (nSPS) is 11.0. The van der Waals surface area contributed by atoms with Crippen molar-refractivity contribution in [2.24, 2.45) is 5.41 Å². The Kier molecular flexibility index (Phi) is 4.67. The highest BCUT2D eigenvalue weighted by Crippen LogP contribution is 2.12. The van der Waals surface area contributed by atoms with Crippen molar-refractivity contribution < 1.29 is 4.74 Å². The van der Waals surface area contributed by atoms with Crippen molar-refractivity contribution in [3.05, 3.63) is 0 Å². The Bertz CT molecular complexity index is 128. The van der Waals surface area contributed by atoms with E-state index in [1.54, 1.807) is 0 Å². The summed E-state index contributed by atoms with van der Waals surface area (Å²) in [6.07, 6.45) is 0. The standard InChI is InChI=1S/C7H12BrNO/c1-7(2,5-9)6-10-4-3-8/h3-4,6H2,1-2H3. The third kappa shape index (κ3) is 4.78. The Morgan fingerprint density at radius 2 is 2.20 bits per heavy atom. The van der Waals surface area contributed by atoms with Gasteiger partial charge in [-0.3, -0.25) is 0 Å². The lowest BCUT2D eigenvalue weighted by atomic mass is 9.98. The predicted octanol–water partition coefficient (Wildman–Crippen LogP) is 1.95. The van der Waals surface area contributed by atoms with E-state index in [0.29, 0.717) is 13.2 Å². The van der Waals surface area contributed by atoms with Crippen LogP contribution < -0.4 is 0 Å². The van der Waals surface area contributed by atoms with Gasteiger partial charge in [0.1, 0.15) is 0 Å². The highest BCUT2D eigenvalue weighted by molar-refractivity contribution is 9.09. The molecule has 0 aliphatic rings. The lowest BCUT2D eigenvalue weighted by Crippen LogP contribution is -2.17. The van der Waals surface area contributed by atoms with Crippen LogP contribution in [-0.4, -0.2) is 18.5 Å². The van der Waals surface area contributed by atoms with Gasteiger partial charge < -0.3 is 4.74 Å². The summed E-state index contributed by atoms with van der Waals surface area (Å²) >= 11 is 3.23. The zero-order valence-corrected chi connectivity index (χ0v) is 7.94. The van der Waals surface area contributed by atoms with Crippen molar-refractivity contribution in [2.75, 3.05) is 18.5 Å². The molecule has 0 bridgehead atoms. The van der Waals surface area contributed by atoms with Crippen molar-refractivity contribution in [1.29, 1.82) is 5.26 Å². The highest BCUT2D eigenvalue weighted by atomic mass is 79.9. The Morgan fingerprint density at radius 3 is 2.60 bits per heavy atom. The van der Waals surface area contributed by atoms with Crippen LogP contribution in [0.25, 0.3) is 0 Å². The van der Waals surface area contributed by atoms with E-state index in [9.17, 15) is 0 Å². The van der Waals surface area contributed by atoms with Gasteiger partial charge in [-0.15, -0.1) is 0 Å². The number of nitriles is 1. The van der Waals surface area contributed by atoms with Crippen LogP contribution in [0.1, 0.15) is 13.8 Å². The average Bonchev–Trinajstić information content (AvgIpc) is 1.89. The molecular formula is C7H12BrNO. The minimum atomic E-state index is -0.345. The van der Waals surface area contributed by atoms with Gasteiger partial charge in [-0.1, -0.05) is 15.9 Å². The molecule has 0 atom stereocenters. The van der Waals surface area contributed by atoms with E-state index < -0.39 is 0 Å². The Balaban J connectivity index is 3.40. The van der Waals surface area contributed by atoms with Crippen molar-refractivity contribution in [1.82, 2.24) is 0 Å². The minimum absolute atomic E-state index is 0.345. The Morgan fingerprint density at radius 1 is 1.60 bits per heavy atom. The van der Waals surface area contributed by atoms with Crippen molar-refractivity contribution in [3.63, 3.8) is 0 Å². The number of halogens is 1. The summed E-state index contributed by atoms with van der Waals surface area (Å²) in [5.74, 6) is 0. The summed E-state index contributed by atoms with van der Waals surface area (Å²) < 4.78 is 5.17. The number of hydrogen-bond acceptors (Lipinski definition) is 2. The maximum atomic E-state index is 8.55. The number of alkyl halides is 1. The lowest BCUT2D eigenvalue weighted by molar-refractivity contribution is 0.0992. The monoisotopic (exact) mass is 205 g/mol. The van der Waals surface area contributed by atoms with E-state index in [0.717, 1.165) is 5.33 Å². The van der Waals surface area contributed by atoms with Gasteiger partial charge in [-0.2, -0.15) is 5.26 Å². The third-order valence-electron chi connectivity index (χ3n) is 0.987. The van der Waals surface area contributed by atoms with E-state index in [1.165, 1.54) is 0 Å². The van der Waals surface area contributed by atoms with Crippen molar-refractivity contribution >= 4 is 15.9 Å². The summed E-state index contributed by atoms with van der Waals surface area (Å²) in [4.78, 5) is 0. The van der Waals surface area contributed by atoms with Gasteiger partial charge in [-0.25, -0.2) is 0 Å². The Labute approximate surface area is 70.3 Å². The topological polar surface area (TPSA) is 33.0 Å². The number of nitrogens with zero attached hydrogens (tertiary/aromatic N) is 1. The summed E-state index contributed by atoms with van der Waals surface area (Å²) in [7, 11) is 0. The largest absolute Gasteiger partial charge is 0.379 e. The van der Waals surface area contributed by atoms with Gasteiger partial charge in [0.05, 0.1) is 24.7 Å². The summed E-state index contributed by atoms with van der Waals surface area (Å²) in [6, 6.07) is 2.16. The molecule has 0 unspecified atom stereocenters. The van der Waals surface area contributed by atoms with Crippen LogP contribution in [0.4, 0.5) is 0 Å². The van der Waals surface area contributed by atoms with Gasteiger partial charge in [0, 0.05) is 5.33 Å². The van der Waals surface area contributed by atoms with Gasteiger partial charge in [0.2, 0.25) is 0 Å². The lowest BCUT2D eigenvalue weighted by Gasteiger charge is -2.13. The second-order valence-electron chi connectivity index (χ2n) is 2.74. The smallest absolute Gasteiger partial charge is 0.0750 e. The molecule has 0 aromatic carbocycles. The molecular weight excluding hydrogens is 194 g/mol. The zero-order chi connectivity index (χ0) is 8.04. The van der Waals surface area contributed by atoms with E-state index in [4.69, 9.17) is 10.00 Å². The predicted molar refractivity (Wildman–Crippen MR) is 44.0 cm³/mol.